The number of urea groups is 1. The first-order valence-corrected chi connectivity index (χ1v) is 13.5. The van der Waals surface area contributed by atoms with Gasteiger partial charge in [-0.2, -0.15) is 0 Å². The van der Waals surface area contributed by atoms with E-state index in [1.165, 1.54) is 0 Å². The lowest BCUT2D eigenvalue weighted by atomic mass is 9.86. The van der Waals surface area contributed by atoms with Gasteiger partial charge in [0, 0.05) is 29.4 Å². The lowest BCUT2D eigenvalue weighted by Gasteiger charge is -2.46. The van der Waals surface area contributed by atoms with Gasteiger partial charge in [-0.1, -0.05) is 38.5 Å². The van der Waals surface area contributed by atoms with Gasteiger partial charge in [0.15, 0.2) is 0 Å². The molecule has 5 rings (SSSR count). The summed E-state index contributed by atoms with van der Waals surface area (Å²) in [4.78, 5) is 33.9. The van der Waals surface area contributed by atoms with E-state index in [9.17, 15) is 9.59 Å². The number of nitrogens with two attached hydrogens (primary N) is 1. The molecule has 5 N–H and O–H groups in total. The Kier molecular flexibility index (Phi) is 6.61. The van der Waals surface area contributed by atoms with Crippen molar-refractivity contribution in [3.05, 3.63) is 34.1 Å². The summed E-state index contributed by atoms with van der Waals surface area (Å²) in [5.41, 5.74) is 9.98. The fraction of sp³-hybridized carbons (Fsp3) is 0.640. The van der Waals surface area contributed by atoms with Gasteiger partial charge in [0.25, 0.3) is 5.91 Å². The molecule has 1 saturated carbocycles. The molecule has 8 nitrogen and oxygen atoms in total. The van der Waals surface area contributed by atoms with Crippen molar-refractivity contribution in [2.45, 2.75) is 82.8 Å². The normalized spacial score (nSPS) is 30.9. The monoisotopic (exact) mass is 484 g/mol. The summed E-state index contributed by atoms with van der Waals surface area (Å²) < 4.78 is 0. The van der Waals surface area contributed by atoms with Crippen molar-refractivity contribution >= 4 is 29.4 Å². The molecule has 1 aromatic heterocycles. The molecule has 5 atom stereocenters. The maximum atomic E-state index is 13.4. The van der Waals surface area contributed by atoms with Gasteiger partial charge in [0.2, 0.25) is 0 Å². The van der Waals surface area contributed by atoms with Gasteiger partial charge in [-0.15, -0.1) is 0 Å². The minimum absolute atomic E-state index is 0.00444. The van der Waals surface area contributed by atoms with Crippen LogP contribution in [0.4, 0.5) is 10.5 Å². The predicted octanol–water partition coefficient (Wildman–Crippen LogP) is 2.77. The lowest BCUT2D eigenvalue weighted by Crippen LogP contribution is -2.62. The number of piperidine rings is 1. The van der Waals surface area contributed by atoms with Crippen LogP contribution < -0.4 is 26.6 Å². The molecule has 1 aliphatic carbocycles. The van der Waals surface area contributed by atoms with Crippen LogP contribution in [-0.2, 0) is 11.2 Å². The summed E-state index contributed by atoms with van der Waals surface area (Å²) in [5, 5.41) is 9.88. The maximum Gasteiger partial charge on any atom is 0.326 e. The minimum Gasteiger partial charge on any atom is -0.347 e. The van der Waals surface area contributed by atoms with Crippen molar-refractivity contribution < 1.29 is 9.59 Å². The van der Waals surface area contributed by atoms with Gasteiger partial charge in [-0.3, -0.25) is 14.7 Å². The van der Waals surface area contributed by atoms with E-state index in [0.717, 1.165) is 67.7 Å². The second-order valence-electron chi connectivity index (χ2n) is 10.5. The van der Waals surface area contributed by atoms with Gasteiger partial charge in [-0.05, 0) is 56.7 Å². The van der Waals surface area contributed by atoms with Crippen molar-refractivity contribution in [2.75, 3.05) is 11.4 Å². The molecule has 3 aliphatic heterocycles. The first-order valence-electron chi connectivity index (χ1n) is 12.6. The number of carbonyl (C=O) groups is 2. The number of hydrogen-bond acceptors (Lipinski definition) is 6. The van der Waals surface area contributed by atoms with E-state index in [4.69, 9.17) is 5.73 Å². The highest BCUT2D eigenvalue weighted by molar-refractivity contribution is 8.04. The van der Waals surface area contributed by atoms with Gasteiger partial charge < -0.3 is 21.7 Å². The Balaban J connectivity index is 1.41. The van der Waals surface area contributed by atoms with Crippen LogP contribution in [0.3, 0.4) is 0 Å². The Hall–Kier alpha value is -2.10. The highest BCUT2D eigenvalue weighted by atomic mass is 32.2. The summed E-state index contributed by atoms with van der Waals surface area (Å²) >= 11 is 1.54. The van der Waals surface area contributed by atoms with Crippen molar-refractivity contribution in [3.63, 3.8) is 0 Å². The zero-order chi connectivity index (χ0) is 24.0. The summed E-state index contributed by atoms with van der Waals surface area (Å²) in [6.07, 6.45) is 7.64. The van der Waals surface area contributed by atoms with Crippen LogP contribution in [0.15, 0.2) is 22.9 Å². The Labute approximate surface area is 205 Å². The molecule has 3 amide bonds. The van der Waals surface area contributed by atoms with Crippen molar-refractivity contribution in [2.24, 2.45) is 17.6 Å². The number of aryl methyl sites for hydroxylation is 1. The summed E-state index contributed by atoms with van der Waals surface area (Å²) in [6.45, 7) is 7.21. The van der Waals surface area contributed by atoms with Crippen LogP contribution in [0.5, 0.6) is 0 Å². The molecule has 3 unspecified atom stereocenters. The Bertz CT molecular complexity index is 1010. The molecule has 4 aliphatic rings. The third kappa shape index (κ3) is 4.33. The highest BCUT2D eigenvalue weighted by Gasteiger charge is 2.52. The van der Waals surface area contributed by atoms with Crippen LogP contribution in [0.25, 0.3) is 0 Å². The summed E-state index contributed by atoms with van der Waals surface area (Å²) in [5.74, 6) is 0.450. The molecule has 0 bridgehead atoms. The van der Waals surface area contributed by atoms with Gasteiger partial charge in [0.05, 0.1) is 28.2 Å². The SMILES string of the molecule is Cc1cc(CC(C)C)ncc1N1C(=O)NC2=C(C(=O)N[C@@H]3CCCC[C@@H]3N)SC3NCCC1C23. The molecular formula is C25H36N6O2S. The predicted molar refractivity (Wildman–Crippen MR) is 135 cm³/mol. The standard InChI is InChI=1S/C25H36N6O2S/c1-13(2)10-15-11-14(3)19(12-28-15)31-18-8-9-27-24-20(18)21(30-25(31)33)22(34-24)23(32)29-17-7-5-4-6-16(17)26/h11-13,16-18,20,24,27H,4-10,26H2,1-3H3,(H,29,32)(H,30,33)/t16-,17+,18?,20?,24?/m0/s1. The van der Waals surface area contributed by atoms with Gasteiger partial charge in [0.1, 0.15) is 0 Å². The average Bonchev–Trinajstić information content (AvgIpc) is 3.16. The zero-order valence-electron chi connectivity index (χ0n) is 20.3. The Morgan fingerprint density at radius 3 is 2.85 bits per heavy atom. The molecule has 3 fully saturated rings. The molecule has 9 heteroatoms. The van der Waals surface area contributed by atoms with Crippen LogP contribution >= 0.6 is 11.8 Å². The third-order valence-corrected chi connectivity index (χ3v) is 8.85. The van der Waals surface area contributed by atoms with E-state index >= 15 is 0 Å². The largest absolute Gasteiger partial charge is 0.347 e. The van der Waals surface area contributed by atoms with Crippen molar-refractivity contribution in [1.82, 2.24) is 20.9 Å². The van der Waals surface area contributed by atoms with E-state index in [-0.39, 0.29) is 41.4 Å². The first-order chi connectivity index (χ1) is 16.3. The van der Waals surface area contributed by atoms with E-state index in [1.54, 1.807) is 11.8 Å². The summed E-state index contributed by atoms with van der Waals surface area (Å²) in [6, 6.07) is 1.90. The number of carbonyl (C=O) groups excluding carboxylic acids is 2. The third-order valence-electron chi connectivity index (χ3n) is 7.50. The number of rotatable bonds is 5. The summed E-state index contributed by atoms with van der Waals surface area (Å²) in [7, 11) is 0. The number of hydrogen-bond donors (Lipinski definition) is 4. The molecular weight excluding hydrogens is 448 g/mol. The number of nitrogens with one attached hydrogen (secondary N) is 3. The Morgan fingerprint density at radius 1 is 1.32 bits per heavy atom. The number of anilines is 1. The van der Waals surface area contributed by atoms with E-state index in [0.29, 0.717) is 10.8 Å². The lowest BCUT2D eigenvalue weighted by molar-refractivity contribution is -0.117. The van der Waals surface area contributed by atoms with E-state index in [1.807, 2.05) is 18.0 Å². The van der Waals surface area contributed by atoms with Crippen molar-refractivity contribution in [3.8, 4) is 0 Å². The second kappa shape index (κ2) is 9.51. The molecule has 4 heterocycles. The fourth-order valence-corrected chi connectivity index (χ4v) is 7.26. The van der Waals surface area contributed by atoms with Gasteiger partial charge in [-0.25, -0.2) is 4.79 Å². The quantitative estimate of drug-likeness (QED) is 0.511. The maximum absolute atomic E-state index is 13.4. The van der Waals surface area contributed by atoms with E-state index < -0.39 is 0 Å². The van der Waals surface area contributed by atoms with Crippen LogP contribution in [-0.4, -0.2) is 47.0 Å². The smallest absolute Gasteiger partial charge is 0.326 e. The molecule has 1 aromatic rings. The molecule has 0 aromatic carbocycles. The Morgan fingerprint density at radius 2 is 2.12 bits per heavy atom. The van der Waals surface area contributed by atoms with Crippen LogP contribution in [0, 0.1) is 18.8 Å². The number of thioether (sulfide) groups is 1. The number of aromatic nitrogens is 1. The van der Waals surface area contributed by atoms with Crippen molar-refractivity contribution in [1.29, 1.82) is 0 Å². The molecule has 0 radical (unpaired) electrons. The zero-order valence-corrected chi connectivity index (χ0v) is 21.1. The first kappa shape index (κ1) is 23.6. The topological polar surface area (TPSA) is 112 Å². The number of nitrogens with zero attached hydrogens (tertiary/aromatic N) is 2. The average molecular weight is 485 g/mol. The molecule has 0 spiro atoms. The fourth-order valence-electron chi connectivity index (χ4n) is 5.86. The second-order valence-corrected chi connectivity index (χ2v) is 11.7. The highest BCUT2D eigenvalue weighted by Crippen LogP contribution is 2.48. The van der Waals surface area contributed by atoms with Crippen LogP contribution in [0.2, 0.25) is 0 Å². The molecule has 34 heavy (non-hydrogen) atoms. The van der Waals surface area contributed by atoms with E-state index in [2.05, 4.69) is 40.8 Å². The number of amides is 3. The van der Waals surface area contributed by atoms with Gasteiger partial charge >= 0.3 is 6.03 Å². The minimum atomic E-state index is -0.180. The molecule has 184 valence electrons. The molecule has 2 saturated heterocycles. The van der Waals surface area contributed by atoms with Crippen LogP contribution in [0.1, 0.15) is 57.2 Å². The number of pyridine rings is 1.